The van der Waals surface area contributed by atoms with E-state index < -0.39 is 29.9 Å². The summed E-state index contributed by atoms with van der Waals surface area (Å²) in [6.07, 6.45) is -4.75. The number of nitrogens with one attached hydrogen (secondary N) is 1. The smallest absolute Gasteiger partial charge is 0.425 e. The number of aromatic nitrogens is 2. The van der Waals surface area contributed by atoms with E-state index in [1.807, 2.05) is 0 Å². The van der Waals surface area contributed by atoms with E-state index in [0.29, 0.717) is 5.69 Å². The molecule has 0 aromatic carbocycles. The third-order valence-corrected chi connectivity index (χ3v) is 3.42. The first kappa shape index (κ1) is 17.1. The van der Waals surface area contributed by atoms with Gasteiger partial charge in [0.05, 0.1) is 18.7 Å². The molecule has 0 spiro atoms. The van der Waals surface area contributed by atoms with Gasteiger partial charge in [-0.15, -0.1) is 0 Å². The topological polar surface area (TPSA) is 80.3 Å². The number of rotatable bonds is 5. The van der Waals surface area contributed by atoms with Gasteiger partial charge < -0.3 is 14.8 Å². The van der Waals surface area contributed by atoms with Gasteiger partial charge in [0.1, 0.15) is 11.5 Å². The Hall–Kier alpha value is -2.29. The van der Waals surface area contributed by atoms with E-state index in [1.54, 1.807) is 13.1 Å². The second kappa shape index (κ2) is 6.07. The molecular weight excluding hydrogens is 315 g/mol. The van der Waals surface area contributed by atoms with Gasteiger partial charge in [-0.05, 0) is 25.1 Å². The molecule has 0 saturated heterocycles. The van der Waals surface area contributed by atoms with Crippen LogP contribution in [0.1, 0.15) is 23.6 Å². The lowest BCUT2D eigenvalue weighted by Crippen LogP contribution is -2.46. The highest BCUT2D eigenvalue weighted by Gasteiger charge is 2.58. The quantitative estimate of drug-likeness (QED) is 0.875. The number of aryl methyl sites for hydroxylation is 2. The predicted octanol–water partition coefficient (Wildman–Crippen LogP) is 1.78. The lowest BCUT2D eigenvalue weighted by atomic mass is 9.95. The van der Waals surface area contributed by atoms with Crippen LogP contribution in [-0.4, -0.2) is 27.0 Å². The molecule has 0 aliphatic carbocycles. The first-order valence-electron chi connectivity index (χ1n) is 6.73. The highest BCUT2D eigenvalue weighted by Crippen LogP contribution is 2.42. The number of aliphatic hydroxyl groups is 1. The van der Waals surface area contributed by atoms with Crippen LogP contribution in [0.5, 0.6) is 0 Å². The Morgan fingerprint density at radius 3 is 2.57 bits per heavy atom. The maximum atomic E-state index is 13.2. The lowest BCUT2D eigenvalue weighted by Gasteiger charge is -2.27. The van der Waals surface area contributed by atoms with Crippen LogP contribution in [0.3, 0.4) is 0 Å². The van der Waals surface area contributed by atoms with Gasteiger partial charge in [-0.3, -0.25) is 9.48 Å². The average Bonchev–Trinajstić information content (AvgIpc) is 3.04. The van der Waals surface area contributed by atoms with Crippen LogP contribution in [0.25, 0.3) is 0 Å². The third-order valence-electron chi connectivity index (χ3n) is 3.42. The van der Waals surface area contributed by atoms with Gasteiger partial charge in [0.2, 0.25) is 11.5 Å². The van der Waals surface area contributed by atoms with Crippen LogP contribution in [0.2, 0.25) is 0 Å². The molecule has 2 aromatic heterocycles. The second-order valence-electron chi connectivity index (χ2n) is 5.17. The van der Waals surface area contributed by atoms with E-state index in [-0.39, 0.29) is 12.3 Å². The fraction of sp³-hybridized carbons (Fsp3) is 0.429. The molecule has 2 heterocycles. The van der Waals surface area contributed by atoms with Crippen molar-refractivity contribution in [3.63, 3.8) is 0 Å². The molecule has 2 N–H and O–H groups in total. The van der Waals surface area contributed by atoms with E-state index in [0.717, 1.165) is 6.07 Å². The van der Waals surface area contributed by atoms with Crippen molar-refractivity contribution in [1.82, 2.24) is 15.1 Å². The normalized spacial score (nSPS) is 14.5. The van der Waals surface area contributed by atoms with E-state index in [9.17, 15) is 23.1 Å². The number of amides is 1. The maximum Gasteiger partial charge on any atom is 0.425 e. The maximum absolute atomic E-state index is 13.2. The molecule has 0 fully saturated rings. The summed E-state index contributed by atoms with van der Waals surface area (Å²) in [4.78, 5) is 11.8. The Balaban J connectivity index is 2.12. The second-order valence-corrected chi connectivity index (χ2v) is 5.17. The zero-order valence-corrected chi connectivity index (χ0v) is 12.5. The molecule has 6 nitrogen and oxygen atoms in total. The van der Waals surface area contributed by atoms with Gasteiger partial charge in [0.15, 0.2) is 0 Å². The average molecular weight is 331 g/mol. The van der Waals surface area contributed by atoms with E-state index >= 15 is 0 Å². The van der Waals surface area contributed by atoms with Gasteiger partial charge >= 0.3 is 6.18 Å². The van der Waals surface area contributed by atoms with Crippen molar-refractivity contribution in [1.29, 1.82) is 0 Å². The largest absolute Gasteiger partial charge is 0.463 e. The number of carbonyl (C=O) groups is 1. The van der Waals surface area contributed by atoms with Crippen molar-refractivity contribution in [3.8, 4) is 0 Å². The van der Waals surface area contributed by atoms with Crippen LogP contribution in [0.4, 0.5) is 13.2 Å². The van der Waals surface area contributed by atoms with Gasteiger partial charge in [-0.1, -0.05) is 0 Å². The highest BCUT2D eigenvalue weighted by molar-refractivity contribution is 5.77. The highest BCUT2D eigenvalue weighted by atomic mass is 19.4. The first-order valence-corrected chi connectivity index (χ1v) is 6.73. The molecule has 0 aliphatic heterocycles. The number of alkyl halides is 3. The molecule has 1 atom stereocenters. The summed E-state index contributed by atoms with van der Waals surface area (Å²) in [5.74, 6) is -1.46. The fourth-order valence-electron chi connectivity index (χ4n) is 2.04. The molecule has 23 heavy (non-hydrogen) atoms. The Morgan fingerprint density at radius 2 is 2.09 bits per heavy atom. The van der Waals surface area contributed by atoms with Crippen molar-refractivity contribution >= 4 is 5.91 Å². The van der Waals surface area contributed by atoms with Gasteiger partial charge in [0.25, 0.3) is 0 Å². The molecular formula is C14H16F3N3O3. The van der Waals surface area contributed by atoms with Gasteiger partial charge in [-0.2, -0.15) is 18.3 Å². The Labute approximate surface area is 129 Å². The molecule has 0 bridgehead atoms. The van der Waals surface area contributed by atoms with Crippen molar-refractivity contribution in [3.05, 3.63) is 41.6 Å². The first-order chi connectivity index (χ1) is 10.6. The summed E-state index contributed by atoms with van der Waals surface area (Å²) in [6.45, 7) is 1.45. The van der Waals surface area contributed by atoms with Gasteiger partial charge in [-0.25, -0.2) is 0 Å². The van der Waals surface area contributed by atoms with Crippen LogP contribution in [-0.2, 0) is 24.0 Å². The van der Waals surface area contributed by atoms with Crippen molar-refractivity contribution in [2.45, 2.75) is 31.7 Å². The van der Waals surface area contributed by atoms with Crippen LogP contribution in [0, 0.1) is 6.92 Å². The minimum absolute atomic E-state index is 0.000449. The minimum Gasteiger partial charge on any atom is -0.463 e. The fourth-order valence-corrected chi connectivity index (χ4v) is 2.04. The van der Waals surface area contributed by atoms with E-state index in [2.05, 4.69) is 10.4 Å². The molecule has 2 aromatic rings. The van der Waals surface area contributed by atoms with Crippen LogP contribution < -0.4 is 5.32 Å². The lowest BCUT2D eigenvalue weighted by molar-refractivity contribution is -0.273. The number of hydrogen-bond acceptors (Lipinski definition) is 4. The predicted molar refractivity (Wildman–Crippen MR) is 73.1 cm³/mol. The van der Waals surface area contributed by atoms with Crippen molar-refractivity contribution < 1.29 is 27.5 Å². The number of halogens is 3. The molecule has 0 radical (unpaired) electrons. The number of furan rings is 1. The minimum atomic E-state index is -5.05. The zero-order chi connectivity index (χ0) is 17.3. The van der Waals surface area contributed by atoms with Crippen LogP contribution in [0.15, 0.2) is 28.8 Å². The summed E-state index contributed by atoms with van der Waals surface area (Å²) >= 11 is 0. The Morgan fingerprint density at radius 1 is 1.39 bits per heavy atom. The van der Waals surface area contributed by atoms with Crippen LogP contribution >= 0.6 is 0 Å². The molecule has 2 rings (SSSR count). The Kier molecular flexibility index (Phi) is 4.51. The zero-order valence-electron chi connectivity index (χ0n) is 12.5. The summed E-state index contributed by atoms with van der Waals surface area (Å²) < 4.78 is 46.1. The van der Waals surface area contributed by atoms with Crippen molar-refractivity contribution in [2.75, 3.05) is 0 Å². The summed E-state index contributed by atoms with van der Waals surface area (Å²) in [5.41, 5.74) is -2.76. The SMILES string of the molecule is Cc1ccc(C(O)(CC(=O)NCc2ccnn2C)C(F)(F)F)o1. The monoisotopic (exact) mass is 331 g/mol. The molecule has 0 saturated carbocycles. The standard InChI is InChI=1S/C14H16F3N3O3/c1-9-3-4-11(23-9)13(22,14(15,16)17)7-12(21)18-8-10-5-6-19-20(10)2/h3-6,22H,7-8H2,1-2H3,(H,18,21). The molecule has 1 amide bonds. The molecule has 1 unspecified atom stereocenters. The van der Waals surface area contributed by atoms with E-state index in [1.165, 1.54) is 23.9 Å². The Bertz CT molecular complexity index is 693. The molecule has 126 valence electrons. The number of nitrogens with zero attached hydrogens (tertiary/aromatic N) is 2. The van der Waals surface area contributed by atoms with Gasteiger partial charge in [0, 0.05) is 13.2 Å². The summed E-state index contributed by atoms with van der Waals surface area (Å²) in [7, 11) is 1.64. The molecule has 0 aliphatic rings. The third kappa shape index (κ3) is 3.55. The van der Waals surface area contributed by atoms with E-state index in [4.69, 9.17) is 4.42 Å². The summed E-state index contributed by atoms with van der Waals surface area (Å²) in [6, 6.07) is 3.92. The number of hydrogen-bond donors (Lipinski definition) is 2. The summed E-state index contributed by atoms with van der Waals surface area (Å²) in [5, 5.41) is 16.2. The number of carbonyl (C=O) groups excluding carboxylic acids is 1. The van der Waals surface area contributed by atoms with Crippen molar-refractivity contribution in [2.24, 2.45) is 7.05 Å². The molecule has 9 heteroatoms.